The van der Waals surface area contributed by atoms with Crippen molar-refractivity contribution in [1.29, 1.82) is 0 Å². The quantitative estimate of drug-likeness (QED) is 0.800. The predicted octanol–water partition coefficient (Wildman–Crippen LogP) is 2.67. The molecule has 2 aromatic carbocycles. The van der Waals surface area contributed by atoms with Gasteiger partial charge in [-0.25, -0.2) is 0 Å². The van der Waals surface area contributed by atoms with Gasteiger partial charge in [0.15, 0.2) is 0 Å². The summed E-state index contributed by atoms with van der Waals surface area (Å²) in [5.41, 5.74) is 8.13. The Balaban J connectivity index is 2.22. The molecule has 0 aliphatic heterocycles. The van der Waals surface area contributed by atoms with Crippen LogP contribution < -0.4 is 5.73 Å². The van der Waals surface area contributed by atoms with Gasteiger partial charge in [-0.1, -0.05) is 36.4 Å². The van der Waals surface area contributed by atoms with Crippen LogP contribution >= 0.6 is 0 Å². The average Bonchev–Trinajstić information content (AvgIpc) is 2.37. The smallest absolute Gasteiger partial charge is 0.0588 e. The van der Waals surface area contributed by atoms with E-state index in [1.807, 2.05) is 0 Å². The van der Waals surface area contributed by atoms with Crippen LogP contribution in [0.1, 0.15) is 11.1 Å². The molecular weight excluding hydrogens is 210 g/mol. The Morgan fingerprint density at radius 2 is 1.88 bits per heavy atom. The highest BCUT2D eigenvalue weighted by Gasteiger charge is 2.04. The van der Waals surface area contributed by atoms with Crippen LogP contribution in [-0.4, -0.2) is 19.8 Å². The summed E-state index contributed by atoms with van der Waals surface area (Å²) in [5, 5.41) is 2.63. The highest BCUT2D eigenvalue weighted by Crippen LogP contribution is 2.22. The Labute approximate surface area is 102 Å². The van der Waals surface area contributed by atoms with E-state index in [1.54, 1.807) is 0 Å². The minimum absolute atomic E-state index is 0.592. The molecule has 0 amide bonds. The van der Waals surface area contributed by atoms with Crippen molar-refractivity contribution in [3.8, 4) is 0 Å². The van der Waals surface area contributed by atoms with E-state index < -0.39 is 0 Å². The SMILES string of the molecule is Cc1ccc2ccccc2c1CCOCCN. The van der Waals surface area contributed by atoms with Crippen LogP contribution in [0.5, 0.6) is 0 Å². The van der Waals surface area contributed by atoms with Gasteiger partial charge in [0.1, 0.15) is 0 Å². The third-order valence-electron chi connectivity index (χ3n) is 3.03. The number of nitrogens with two attached hydrogens (primary N) is 1. The van der Waals surface area contributed by atoms with Gasteiger partial charge in [-0.2, -0.15) is 0 Å². The first-order valence-corrected chi connectivity index (χ1v) is 6.08. The maximum absolute atomic E-state index is 5.47. The Morgan fingerprint density at radius 1 is 1.06 bits per heavy atom. The van der Waals surface area contributed by atoms with Gasteiger partial charge in [-0.15, -0.1) is 0 Å². The normalized spacial score (nSPS) is 10.9. The highest BCUT2D eigenvalue weighted by molar-refractivity contribution is 5.86. The van der Waals surface area contributed by atoms with E-state index in [4.69, 9.17) is 10.5 Å². The molecule has 17 heavy (non-hydrogen) atoms. The molecule has 0 aromatic heterocycles. The Morgan fingerprint density at radius 3 is 2.71 bits per heavy atom. The van der Waals surface area contributed by atoms with Gasteiger partial charge >= 0.3 is 0 Å². The van der Waals surface area contributed by atoms with Crippen molar-refractivity contribution in [3.63, 3.8) is 0 Å². The molecule has 0 spiro atoms. The lowest BCUT2D eigenvalue weighted by atomic mass is 9.98. The van der Waals surface area contributed by atoms with Crippen LogP contribution in [-0.2, 0) is 11.2 Å². The van der Waals surface area contributed by atoms with Crippen LogP contribution in [0.15, 0.2) is 36.4 Å². The zero-order chi connectivity index (χ0) is 12.1. The first kappa shape index (κ1) is 12.1. The van der Waals surface area contributed by atoms with Gasteiger partial charge < -0.3 is 10.5 Å². The van der Waals surface area contributed by atoms with E-state index >= 15 is 0 Å². The monoisotopic (exact) mass is 229 g/mol. The van der Waals surface area contributed by atoms with Crippen LogP contribution in [0.3, 0.4) is 0 Å². The molecule has 90 valence electrons. The first-order chi connectivity index (χ1) is 8.33. The molecule has 0 fully saturated rings. The molecule has 0 saturated heterocycles. The number of benzene rings is 2. The number of hydrogen-bond acceptors (Lipinski definition) is 2. The molecule has 2 heteroatoms. The van der Waals surface area contributed by atoms with Gasteiger partial charge in [0.25, 0.3) is 0 Å². The minimum Gasteiger partial charge on any atom is -0.380 e. The maximum Gasteiger partial charge on any atom is 0.0588 e. The van der Waals surface area contributed by atoms with Crippen molar-refractivity contribution in [1.82, 2.24) is 0 Å². The summed E-state index contributed by atoms with van der Waals surface area (Å²) in [4.78, 5) is 0. The molecule has 0 saturated carbocycles. The summed E-state index contributed by atoms with van der Waals surface area (Å²) >= 11 is 0. The lowest BCUT2D eigenvalue weighted by Gasteiger charge is -2.10. The van der Waals surface area contributed by atoms with Crippen LogP contribution in [0, 0.1) is 6.92 Å². The summed E-state index contributed by atoms with van der Waals surface area (Å²) in [6.45, 7) is 4.13. The van der Waals surface area contributed by atoms with E-state index in [0.717, 1.165) is 13.0 Å². The van der Waals surface area contributed by atoms with E-state index in [9.17, 15) is 0 Å². The maximum atomic E-state index is 5.47. The summed E-state index contributed by atoms with van der Waals surface area (Å²) < 4.78 is 5.47. The number of hydrogen-bond donors (Lipinski definition) is 1. The van der Waals surface area contributed by atoms with Gasteiger partial charge in [0, 0.05) is 6.54 Å². The van der Waals surface area contributed by atoms with Gasteiger partial charge in [-0.3, -0.25) is 0 Å². The van der Waals surface area contributed by atoms with Gasteiger partial charge in [0.2, 0.25) is 0 Å². The molecule has 0 bridgehead atoms. The van der Waals surface area contributed by atoms with E-state index in [0.29, 0.717) is 13.2 Å². The second kappa shape index (κ2) is 5.80. The second-order valence-electron chi connectivity index (χ2n) is 4.23. The highest BCUT2D eigenvalue weighted by atomic mass is 16.5. The second-order valence-corrected chi connectivity index (χ2v) is 4.23. The molecule has 0 atom stereocenters. The summed E-state index contributed by atoms with van der Waals surface area (Å²) in [5.74, 6) is 0. The Hall–Kier alpha value is -1.38. The molecule has 0 heterocycles. The Bertz CT molecular complexity index is 493. The average molecular weight is 229 g/mol. The fourth-order valence-electron chi connectivity index (χ4n) is 2.14. The lowest BCUT2D eigenvalue weighted by Crippen LogP contribution is -2.10. The third-order valence-corrected chi connectivity index (χ3v) is 3.03. The van der Waals surface area contributed by atoms with Gasteiger partial charge in [-0.05, 0) is 35.2 Å². The molecule has 0 aliphatic carbocycles. The minimum atomic E-state index is 0.592. The molecule has 0 radical (unpaired) electrons. The summed E-state index contributed by atoms with van der Waals surface area (Å²) in [6.07, 6.45) is 0.952. The summed E-state index contributed by atoms with van der Waals surface area (Å²) in [6, 6.07) is 12.9. The fraction of sp³-hybridized carbons (Fsp3) is 0.333. The van der Waals surface area contributed by atoms with E-state index in [1.165, 1.54) is 21.9 Å². The third kappa shape index (κ3) is 2.84. The molecule has 2 nitrogen and oxygen atoms in total. The molecule has 0 unspecified atom stereocenters. The van der Waals surface area contributed by atoms with Gasteiger partial charge in [0.05, 0.1) is 13.2 Å². The van der Waals surface area contributed by atoms with Crippen molar-refractivity contribution in [3.05, 3.63) is 47.5 Å². The molecule has 0 aliphatic rings. The molecule has 2 rings (SSSR count). The van der Waals surface area contributed by atoms with Crippen molar-refractivity contribution in [2.75, 3.05) is 19.8 Å². The first-order valence-electron chi connectivity index (χ1n) is 6.08. The molecule has 2 aromatic rings. The van der Waals surface area contributed by atoms with Crippen molar-refractivity contribution in [2.45, 2.75) is 13.3 Å². The fourth-order valence-corrected chi connectivity index (χ4v) is 2.14. The zero-order valence-electron chi connectivity index (χ0n) is 10.3. The summed E-state index contributed by atoms with van der Waals surface area (Å²) in [7, 11) is 0. The van der Waals surface area contributed by atoms with Crippen molar-refractivity contribution >= 4 is 10.8 Å². The lowest BCUT2D eigenvalue weighted by molar-refractivity contribution is 0.145. The number of fused-ring (bicyclic) bond motifs is 1. The van der Waals surface area contributed by atoms with Crippen molar-refractivity contribution in [2.24, 2.45) is 5.73 Å². The Kier molecular flexibility index (Phi) is 4.13. The van der Waals surface area contributed by atoms with Crippen molar-refractivity contribution < 1.29 is 4.74 Å². The number of ether oxygens (including phenoxy) is 1. The number of rotatable bonds is 5. The topological polar surface area (TPSA) is 35.2 Å². The molecule has 2 N–H and O–H groups in total. The van der Waals surface area contributed by atoms with E-state index in [-0.39, 0.29) is 0 Å². The van der Waals surface area contributed by atoms with Crippen LogP contribution in [0.2, 0.25) is 0 Å². The standard InChI is InChI=1S/C15H19NO/c1-12-6-7-13-4-2-3-5-15(13)14(12)8-10-17-11-9-16/h2-7H,8-11,16H2,1H3. The largest absolute Gasteiger partial charge is 0.380 e. The zero-order valence-corrected chi connectivity index (χ0v) is 10.3. The van der Waals surface area contributed by atoms with Crippen LogP contribution in [0.4, 0.5) is 0 Å². The van der Waals surface area contributed by atoms with Crippen LogP contribution in [0.25, 0.3) is 10.8 Å². The molecular formula is C15H19NO. The number of aryl methyl sites for hydroxylation is 1. The predicted molar refractivity (Wildman–Crippen MR) is 72.3 cm³/mol. The van der Waals surface area contributed by atoms with E-state index in [2.05, 4.69) is 43.3 Å².